The predicted molar refractivity (Wildman–Crippen MR) is 84.3 cm³/mol. The topological polar surface area (TPSA) is 58.7 Å². The Morgan fingerprint density at radius 1 is 1.43 bits per heavy atom. The van der Waals surface area contributed by atoms with Crippen LogP contribution >= 0.6 is 0 Å². The number of nitrogens with zero attached hydrogens (tertiary/aromatic N) is 2. The number of hydrogen-bond acceptors (Lipinski definition) is 2. The van der Waals surface area contributed by atoms with Gasteiger partial charge in [0.05, 0.1) is 0 Å². The molecule has 1 aromatic carbocycles. The van der Waals surface area contributed by atoms with Gasteiger partial charge < -0.3 is 10.6 Å². The summed E-state index contributed by atoms with van der Waals surface area (Å²) in [6.45, 7) is 7.16. The zero-order valence-electron chi connectivity index (χ0n) is 13.0. The fourth-order valence-corrected chi connectivity index (χ4v) is 3.72. The van der Waals surface area contributed by atoms with Gasteiger partial charge in [-0.05, 0) is 35.8 Å². The number of carbonyl (C=O) groups excluding carboxylic acids is 1. The smallest absolute Gasteiger partial charge is 0.346 e. The van der Waals surface area contributed by atoms with Crippen molar-refractivity contribution in [1.82, 2.24) is 4.90 Å². The molecule has 0 aromatic heterocycles. The highest BCUT2D eigenvalue weighted by atomic mass is 16.2. The van der Waals surface area contributed by atoms with Crippen LogP contribution in [0, 0.1) is 5.92 Å². The molecular formula is C17H23N3O. The van der Waals surface area contributed by atoms with Gasteiger partial charge in [0, 0.05) is 6.54 Å². The number of rotatable bonds is 2. The molecule has 0 fully saturated rings. The van der Waals surface area contributed by atoms with Crippen LogP contribution in [0.2, 0.25) is 0 Å². The van der Waals surface area contributed by atoms with Crippen molar-refractivity contribution < 1.29 is 4.79 Å². The zero-order chi connectivity index (χ0) is 15.2. The Bertz CT molecular complexity index is 608. The number of aliphatic imine (C=N–C) groups is 1. The van der Waals surface area contributed by atoms with Crippen LogP contribution in [0.5, 0.6) is 0 Å². The van der Waals surface area contributed by atoms with E-state index in [2.05, 4.69) is 44.0 Å². The van der Waals surface area contributed by atoms with Crippen molar-refractivity contribution in [1.29, 1.82) is 0 Å². The van der Waals surface area contributed by atoms with Crippen molar-refractivity contribution >= 4 is 11.9 Å². The Morgan fingerprint density at radius 3 is 2.86 bits per heavy atom. The van der Waals surface area contributed by atoms with E-state index in [0.717, 1.165) is 18.4 Å². The monoisotopic (exact) mass is 285 g/mol. The molecule has 0 bridgehead atoms. The fourth-order valence-electron chi connectivity index (χ4n) is 3.72. The number of hydrogen-bond donors (Lipinski definition) is 1. The third kappa shape index (κ3) is 1.96. The highest BCUT2D eigenvalue weighted by Gasteiger charge is 2.52. The zero-order valence-corrected chi connectivity index (χ0v) is 13.0. The molecule has 0 radical (unpaired) electrons. The maximum absolute atomic E-state index is 12.3. The summed E-state index contributed by atoms with van der Waals surface area (Å²) in [6.07, 6.45) is 1.88. The lowest BCUT2D eigenvalue weighted by atomic mass is 9.71. The molecule has 1 aliphatic carbocycles. The largest absolute Gasteiger partial charge is 0.385 e. The molecule has 1 heterocycles. The molecule has 3 rings (SSSR count). The van der Waals surface area contributed by atoms with Crippen molar-refractivity contribution in [2.45, 2.75) is 45.1 Å². The van der Waals surface area contributed by atoms with Crippen LogP contribution in [0.4, 0.5) is 4.79 Å². The molecule has 2 unspecified atom stereocenters. The van der Waals surface area contributed by atoms with Crippen LogP contribution in [0.1, 0.15) is 50.7 Å². The van der Waals surface area contributed by atoms with Crippen LogP contribution in [0.15, 0.2) is 29.3 Å². The molecule has 2 atom stereocenters. The van der Waals surface area contributed by atoms with Gasteiger partial charge in [0.2, 0.25) is 0 Å². The van der Waals surface area contributed by atoms with Gasteiger partial charge in [0.15, 0.2) is 0 Å². The SMILES string of the molecule is CC(C)CN1C(=O)N=C(N)C12CCC(C)c1ccccc12. The molecule has 21 heavy (non-hydrogen) atoms. The number of benzene rings is 1. The van der Waals surface area contributed by atoms with Gasteiger partial charge in [0.25, 0.3) is 0 Å². The molecule has 1 spiro atoms. The van der Waals surface area contributed by atoms with E-state index in [-0.39, 0.29) is 6.03 Å². The minimum atomic E-state index is -0.523. The summed E-state index contributed by atoms with van der Waals surface area (Å²) in [5.74, 6) is 1.35. The highest BCUT2D eigenvalue weighted by molar-refractivity contribution is 6.06. The lowest BCUT2D eigenvalue weighted by Crippen LogP contribution is -2.54. The number of urea groups is 1. The molecule has 4 nitrogen and oxygen atoms in total. The average Bonchev–Trinajstić information content (AvgIpc) is 2.67. The van der Waals surface area contributed by atoms with Crippen LogP contribution < -0.4 is 5.73 Å². The number of nitrogens with two attached hydrogens (primary N) is 1. The van der Waals surface area contributed by atoms with E-state index in [9.17, 15) is 4.79 Å². The van der Waals surface area contributed by atoms with Crippen LogP contribution in [0.25, 0.3) is 0 Å². The van der Waals surface area contributed by atoms with Gasteiger partial charge in [0.1, 0.15) is 11.4 Å². The minimum Gasteiger partial charge on any atom is -0.385 e. The molecule has 0 saturated heterocycles. The van der Waals surface area contributed by atoms with E-state index in [1.807, 2.05) is 11.0 Å². The maximum Gasteiger partial charge on any atom is 0.346 e. The Kier molecular flexibility index (Phi) is 3.27. The lowest BCUT2D eigenvalue weighted by molar-refractivity contribution is 0.145. The van der Waals surface area contributed by atoms with Crippen molar-refractivity contribution in [2.75, 3.05) is 6.54 Å². The van der Waals surface area contributed by atoms with Crippen molar-refractivity contribution in [3.8, 4) is 0 Å². The quantitative estimate of drug-likeness (QED) is 0.907. The maximum atomic E-state index is 12.3. The third-order valence-corrected chi connectivity index (χ3v) is 4.76. The Hall–Kier alpha value is -1.84. The van der Waals surface area contributed by atoms with Crippen molar-refractivity contribution in [3.05, 3.63) is 35.4 Å². The van der Waals surface area contributed by atoms with Crippen LogP contribution in [-0.4, -0.2) is 23.3 Å². The molecule has 0 saturated carbocycles. The summed E-state index contributed by atoms with van der Waals surface area (Å²) in [4.78, 5) is 18.3. The van der Waals surface area contributed by atoms with E-state index in [0.29, 0.717) is 24.2 Å². The normalized spacial score (nSPS) is 28.2. The summed E-state index contributed by atoms with van der Waals surface area (Å²) in [6, 6.07) is 8.17. The van der Waals surface area contributed by atoms with Gasteiger partial charge in [-0.1, -0.05) is 45.0 Å². The second-order valence-corrected chi connectivity index (χ2v) is 6.67. The molecular weight excluding hydrogens is 262 g/mol. The van der Waals surface area contributed by atoms with Crippen LogP contribution in [0.3, 0.4) is 0 Å². The van der Waals surface area contributed by atoms with Gasteiger partial charge in [-0.2, -0.15) is 4.99 Å². The standard InChI is InChI=1S/C17H23N3O/c1-11(2)10-20-16(21)19-15(18)17(20)9-8-12(3)13-6-4-5-7-14(13)17/h4-7,11-12H,8-10H2,1-3H3,(H2,18,19,21). The van der Waals surface area contributed by atoms with Crippen molar-refractivity contribution in [2.24, 2.45) is 16.6 Å². The fraction of sp³-hybridized carbons (Fsp3) is 0.529. The second kappa shape index (κ2) is 4.86. The van der Waals surface area contributed by atoms with Crippen molar-refractivity contribution in [3.63, 3.8) is 0 Å². The third-order valence-electron chi connectivity index (χ3n) is 4.76. The number of carbonyl (C=O) groups is 1. The number of amidine groups is 1. The lowest BCUT2D eigenvalue weighted by Gasteiger charge is -2.44. The average molecular weight is 285 g/mol. The molecule has 4 heteroatoms. The van der Waals surface area contributed by atoms with E-state index >= 15 is 0 Å². The first-order chi connectivity index (χ1) is 9.96. The summed E-state index contributed by atoms with van der Waals surface area (Å²) in [7, 11) is 0. The Morgan fingerprint density at radius 2 is 2.14 bits per heavy atom. The highest BCUT2D eigenvalue weighted by Crippen LogP contribution is 2.47. The van der Waals surface area contributed by atoms with E-state index < -0.39 is 5.54 Å². The van der Waals surface area contributed by atoms with Crippen LogP contribution in [-0.2, 0) is 5.54 Å². The molecule has 112 valence electrons. The first-order valence-corrected chi connectivity index (χ1v) is 7.72. The molecule has 2 amide bonds. The van der Waals surface area contributed by atoms with Gasteiger partial charge in [-0.25, -0.2) is 4.79 Å². The summed E-state index contributed by atoms with van der Waals surface area (Å²) < 4.78 is 0. The summed E-state index contributed by atoms with van der Waals surface area (Å²) in [5.41, 5.74) is 8.19. The number of fused-ring (bicyclic) bond motifs is 2. The minimum absolute atomic E-state index is 0.189. The first-order valence-electron chi connectivity index (χ1n) is 7.72. The Balaban J connectivity index is 2.16. The molecule has 2 N–H and O–H groups in total. The van der Waals surface area contributed by atoms with Gasteiger partial charge in [-0.3, -0.25) is 0 Å². The van der Waals surface area contributed by atoms with Gasteiger partial charge in [-0.15, -0.1) is 0 Å². The number of amides is 2. The second-order valence-electron chi connectivity index (χ2n) is 6.67. The Labute approximate surface area is 126 Å². The molecule has 1 aliphatic heterocycles. The van der Waals surface area contributed by atoms with E-state index in [1.165, 1.54) is 5.56 Å². The first kappa shape index (κ1) is 14.1. The summed E-state index contributed by atoms with van der Waals surface area (Å²) in [5, 5.41) is 0. The van der Waals surface area contributed by atoms with Gasteiger partial charge >= 0.3 is 6.03 Å². The molecule has 2 aliphatic rings. The van der Waals surface area contributed by atoms with E-state index in [1.54, 1.807) is 0 Å². The summed E-state index contributed by atoms with van der Waals surface area (Å²) >= 11 is 0. The predicted octanol–water partition coefficient (Wildman–Crippen LogP) is 3.23. The van der Waals surface area contributed by atoms with E-state index in [4.69, 9.17) is 5.73 Å². The molecule has 1 aromatic rings.